The number of carbonyl (C=O) groups excluding carboxylic acids is 1. The van der Waals surface area contributed by atoms with Gasteiger partial charge in [-0.2, -0.15) is 0 Å². The van der Waals surface area contributed by atoms with E-state index in [1.807, 2.05) is 0 Å². The van der Waals surface area contributed by atoms with Gasteiger partial charge < -0.3 is 5.32 Å². The number of hydrogen-bond acceptors (Lipinski definition) is 3. The highest BCUT2D eigenvalue weighted by atomic mass is 35.7. The van der Waals surface area contributed by atoms with Crippen LogP contribution in [0.25, 0.3) is 0 Å². The summed E-state index contributed by atoms with van der Waals surface area (Å²) in [6.07, 6.45) is 3.39. The number of carbonyl (C=O) groups is 1. The van der Waals surface area contributed by atoms with E-state index in [2.05, 4.69) is 12.2 Å². The monoisotopic (exact) mass is 301 g/mol. The highest BCUT2D eigenvalue weighted by Gasteiger charge is 2.40. The number of nitrogens with one attached hydrogen (secondary N) is 1. The van der Waals surface area contributed by atoms with Crippen molar-refractivity contribution in [2.45, 2.75) is 31.1 Å². The van der Waals surface area contributed by atoms with E-state index in [9.17, 15) is 13.2 Å². The Labute approximate surface area is 117 Å². The number of amides is 1. The van der Waals surface area contributed by atoms with E-state index in [1.54, 1.807) is 0 Å². The van der Waals surface area contributed by atoms with Crippen LogP contribution >= 0.6 is 10.7 Å². The molecule has 0 spiro atoms. The summed E-state index contributed by atoms with van der Waals surface area (Å²) in [5, 5.41) is 2.89. The maximum absolute atomic E-state index is 11.9. The van der Waals surface area contributed by atoms with Gasteiger partial charge in [0.1, 0.15) is 0 Å². The van der Waals surface area contributed by atoms with Crippen LogP contribution in [0.4, 0.5) is 0 Å². The first-order chi connectivity index (χ1) is 8.86. The minimum Gasteiger partial charge on any atom is -0.351 e. The molecule has 1 N–H and O–H groups in total. The van der Waals surface area contributed by atoms with E-state index in [0.29, 0.717) is 12.1 Å². The molecule has 1 amide bonds. The van der Waals surface area contributed by atoms with Gasteiger partial charge in [-0.05, 0) is 48.9 Å². The van der Waals surface area contributed by atoms with E-state index in [1.165, 1.54) is 24.3 Å². The van der Waals surface area contributed by atoms with Crippen LogP contribution in [0.3, 0.4) is 0 Å². The quantitative estimate of drug-likeness (QED) is 0.850. The van der Waals surface area contributed by atoms with Gasteiger partial charge >= 0.3 is 0 Å². The second-order valence-corrected chi connectivity index (χ2v) is 7.56. The van der Waals surface area contributed by atoms with Crippen molar-refractivity contribution >= 4 is 25.6 Å². The Hall–Kier alpha value is -1.07. The zero-order valence-electron chi connectivity index (χ0n) is 10.6. The van der Waals surface area contributed by atoms with Gasteiger partial charge in [0.2, 0.25) is 0 Å². The molecule has 1 fully saturated rings. The molecule has 0 bridgehead atoms. The van der Waals surface area contributed by atoms with Crippen molar-refractivity contribution in [3.8, 4) is 0 Å². The lowest BCUT2D eigenvalue weighted by Gasteiger charge is -2.13. The van der Waals surface area contributed by atoms with Gasteiger partial charge in [0.25, 0.3) is 15.0 Å². The summed E-state index contributed by atoms with van der Waals surface area (Å²) < 4.78 is 22.2. The second kappa shape index (κ2) is 5.13. The molecule has 1 aliphatic rings. The van der Waals surface area contributed by atoms with Gasteiger partial charge in [-0.25, -0.2) is 8.42 Å². The molecular formula is C13H16ClNO3S. The van der Waals surface area contributed by atoms with Crippen LogP contribution in [0.2, 0.25) is 0 Å². The van der Waals surface area contributed by atoms with Crippen LogP contribution < -0.4 is 5.32 Å². The minimum atomic E-state index is -3.73. The largest absolute Gasteiger partial charge is 0.351 e. The average Bonchev–Trinajstić information content (AvgIpc) is 3.16. The molecule has 1 aromatic rings. The van der Waals surface area contributed by atoms with E-state index in [4.69, 9.17) is 10.7 Å². The van der Waals surface area contributed by atoms with Crippen LogP contribution in [0.15, 0.2) is 29.2 Å². The molecule has 1 saturated carbocycles. The second-order valence-electron chi connectivity index (χ2n) is 5.00. The van der Waals surface area contributed by atoms with Gasteiger partial charge in [-0.15, -0.1) is 0 Å². The van der Waals surface area contributed by atoms with Crippen LogP contribution in [-0.4, -0.2) is 20.9 Å². The maximum Gasteiger partial charge on any atom is 0.261 e. The number of hydrogen-bond donors (Lipinski definition) is 1. The van der Waals surface area contributed by atoms with Crippen LogP contribution in [0.1, 0.15) is 36.5 Å². The average molecular weight is 302 g/mol. The Kier molecular flexibility index (Phi) is 3.87. The predicted octanol–water partition coefficient (Wildman–Crippen LogP) is 2.53. The van der Waals surface area contributed by atoms with Crippen molar-refractivity contribution in [1.82, 2.24) is 5.32 Å². The lowest BCUT2D eigenvalue weighted by Crippen LogP contribution is -2.29. The van der Waals surface area contributed by atoms with Crippen molar-refractivity contribution in [2.75, 3.05) is 6.54 Å². The molecule has 6 heteroatoms. The van der Waals surface area contributed by atoms with Gasteiger partial charge in [-0.3, -0.25) is 4.79 Å². The lowest BCUT2D eigenvalue weighted by atomic mass is 10.0. The fourth-order valence-electron chi connectivity index (χ4n) is 1.97. The summed E-state index contributed by atoms with van der Waals surface area (Å²) in [6.45, 7) is 2.80. The third-order valence-electron chi connectivity index (χ3n) is 3.73. The topological polar surface area (TPSA) is 63.2 Å². The molecule has 0 saturated heterocycles. The first-order valence-corrected chi connectivity index (χ1v) is 8.50. The van der Waals surface area contributed by atoms with Gasteiger partial charge in [0, 0.05) is 22.8 Å². The molecule has 0 aliphatic heterocycles. The first kappa shape index (κ1) is 14.3. The molecule has 19 heavy (non-hydrogen) atoms. The summed E-state index contributed by atoms with van der Waals surface area (Å²) in [5.41, 5.74) is 0.727. The molecule has 1 aliphatic carbocycles. The standard InChI is InChI=1S/C13H16ClNO3S/c1-2-13(7-8-13)9-15-12(16)10-3-5-11(6-4-10)19(14,17)18/h3-6H,2,7-9H2,1H3,(H,15,16). The Balaban J connectivity index is 2.00. The van der Waals surface area contributed by atoms with Crippen molar-refractivity contribution in [1.29, 1.82) is 0 Å². The fourth-order valence-corrected chi connectivity index (χ4v) is 2.74. The summed E-state index contributed by atoms with van der Waals surface area (Å²) in [5.74, 6) is -0.182. The van der Waals surface area contributed by atoms with Crippen molar-refractivity contribution in [3.05, 3.63) is 29.8 Å². The zero-order chi connectivity index (χ0) is 14.1. The Morgan fingerprint density at radius 1 is 1.32 bits per heavy atom. The third kappa shape index (κ3) is 3.48. The molecule has 0 unspecified atom stereocenters. The lowest BCUT2D eigenvalue weighted by molar-refractivity contribution is 0.0944. The zero-order valence-corrected chi connectivity index (χ0v) is 12.2. The molecular weight excluding hydrogens is 286 g/mol. The Morgan fingerprint density at radius 3 is 2.32 bits per heavy atom. The molecule has 1 aromatic carbocycles. The molecule has 0 radical (unpaired) electrons. The van der Waals surface area contributed by atoms with Crippen LogP contribution in [0.5, 0.6) is 0 Å². The molecule has 4 nitrogen and oxygen atoms in total. The van der Waals surface area contributed by atoms with E-state index < -0.39 is 9.05 Å². The van der Waals surface area contributed by atoms with Crippen molar-refractivity contribution in [2.24, 2.45) is 5.41 Å². The van der Waals surface area contributed by atoms with Crippen LogP contribution in [-0.2, 0) is 9.05 Å². The smallest absolute Gasteiger partial charge is 0.261 e. The predicted molar refractivity (Wildman–Crippen MR) is 73.8 cm³/mol. The highest BCUT2D eigenvalue weighted by molar-refractivity contribution is 8.13. The SMILES string of the molecule is CCC1(CNC(=O)c2ccc(S(=O)(=O)Cl)cc2)CC1. The van der Waals surface area contributed by atoms with Gasteiger partial charge in [0.15, 0.2) is 0 Å². The number of benzene rings is 1. The van der Waals surface area contributed by atoms with Crippen LogP contribution in [0, 0.1) is 5.41 Å². The van der Waals surface area contributed by atoms with E-state index >= 15 is 0 Å². The van der Waals surface area contributed by atoms with Crippen molar-refractivity contribution in [3.63, 3.8) is 0 Å². The van der Waals surface area contributed by atoms with E-state index in [-0.39, 0.29) is 16.2 Å². The number of halogens is 1. The van der Waals surface area contributed by atoms with Gasteiger partial charge in [-0.1, -0.05) is 6.92 Å². The van der Waals surface area contributed by atoms with E-state index in [0.717, 1.165) is 19.3 Å². The summed E-state index contributed by atoms with van der Waals surface area (Å²) in [4.78, 5) is 11.9. The third-order valence-corrected chi connectivity index (χ3v) is 5.10. The first-order valence-electron chi connectivity index (χ1n) is 6.19. The van der Waals surface area contributed by atoms with Gasteiger partial charge in [0.05, 0.1) is 4.90 Å². The molecule has 0 aromatic heterocycles. The summed E-state index contributed by atoms with van der Waals surface area (Å²) in [6, 6.07) is 5.61. The fraction of sp³-hybridized carbons (Fsp3) is 0.462. The molecule has 0 atom stereocenters. The molecule has 2 rings (SSSR count). The Morgan fingerprint density at radius 2 is 1.89 bits per heavy atom. The minimum absolute atomic E-state index is 0.00191. The summed E-state index contributed by atoms with van der Waals surface area (Å²) >= 11 is 0. The maximum atomic E-state index is 11.9. The normalized spacial score (nSPS) is 16.9. The Bertz CT molecular complexity index is 576. The van der Waals surface area contributed by atoms with Crippen molar-refractivity contribution < 1.29 is 13.2 Å². The highest BCUT2D eigenvalue weighted by Crippen LogP contribution is 2.47. The summed E-state index contributed by atoms with van der Waals surface area (Å²) in [7, 11) is 1.48. The number of rotatable bonds is 5. The molecule has 0 heterocycles. The molecule has 104 valence electrons.